The average Bonchev–Trinajstić information content (AvgIpc) is 2.85. The molecule has 0 bridgehead atoms. The van der Waals surface area contributed by atoms with Gasteiger partial charge >= 0.3 is 0 Å². The molecule has 0 fully saturated rings. The molecular weight excluding hydrogens is 306 g/mol. The van der Waals surface area contributed by atoms with Gasteiger partial charge in [-0.25, -0.2) is 4.98 Å². The molecule has 1 unspecified atom stereocenters. The quantitative estimate of drug-likeness (QED) is 0.849. The van der Waals surface area contributed by atoms with Crippen LogP contribution in [0.1, 0.15) is 18.9 Å². The number of anilines is 1. The monoisotopic (exact) mass is 323 g/mol. The Labute approximate surface area is 133 Å². The van der Waals surface area contributed by atoms with Crippen molar-refractivity contribution in [3.05, 3.63) is 41.2 Å². The van der Waals surface area contributed by atoms with Gasteiger partial charge in [-0.15, -0.1) is 0 Å². The number of amides is 1. The van der Waals surface area contributed by atoms with Crippen molar-refractivity contribution in [1.82, 2.24) is 9.55 Å². The summed E-state index contributed by atoms with van der Waals surface area (Å²) in [4.78, 5) is 16.6. The molecule has 0 saturated carbocycles. The Morgan fingerprint density at radius 1 is 1.52 bits per heavy atom. The maximum absolute atomic E-state index is 12.4. The fraction of sp³-hybridized carbons (Fsp3) is 0.333. The van der Waals surface area contributed by atoms with E-state index in [1.165, 1.54) is 11.8 Å². The number of rotatable bonds is 5. The first kappa shape index (κ1) is 15.9. The number of carbonyl (C=O) groups is 1. The van der Waals surface area contributed by atoms with E-state index < -0.39 is 0 Å². The predicted octanol–water partition coefficient (Wildman–Crippen LogP) is 3.89. The van der Waals surface area contributed by atoms with E-state index in [1.807, 2.05) is 43.8 Å². The third-order valence-electron chi connectivity index (χ3n) is 3.13. The standard InChI is InChI=1S/C15H18ClN3OS/c1-4-13(21-15-17-7-8-19(15)3)14(20)18-11-6-5-10(2)12(16)9-11/h5-9,13H,4H2,1-3H3,(H,18,20). The number of hydrogen-bond acceptors (Lipinski definition) is 3. The van der Waals surface area contributed by atoms with E-state index in [2.05, 4.69) is 10.3 Å². The minimum Gasteiger partial charge on any atom is -0.329 e. The van der Waals surface area contributed by atoms with Gasteiger partial charge in [0.05, 0.1) is 5.25 Å². The van der Waals surface area contributed by atoms with Gasteiger partial charge in [-0.2, -0.15) is 0 Å². The van der Waals surface area contributed by atoms with Gasteiger partial charge in [0.2, 0.25) is 5.91 Å². The zero-order chi connectivity index (χ0) is 15.4. The second-order valence-electron chi connectivity index (χ2n) is 4.79. The summed E-state index contributed by atoms with van der Waals surface area (Å²) >= 11 is 7.54. The summed E-state index contributed by atoms with van der Waals surface area (Å²) in [5.74, 6) is -0.0366. The third-order valence-corrected chi connectivity index (χ3v) is 4.97. The fourth-order valence-electron chi connectivity index (χ4n) is 1.81. The molecule has 1 atom stereocenters. The van der Waals surface area contributed by atoms with Crippen molar-refractivity contribution in [3.63, 3.8) is 0 Å². The summed E-state index contributed by atoms with van der Waals surface area (Å²) in [5.41, 5.74) is 1.71. The topological polar surface area (TPSA) is 46.9 Å². The van der Waals surface area contributed by atoms with E-state index in [-0.39, 0.29) is 11.2 Å². The van der Waals surface area contributed by atoms with Gasteiger partial charge in [0.1, 0.15) is 0 Å². The summed E-state index contributed by atoms with van der Waals surface area (Å²) in [5, 5.41) is 4.21. The number of thioether (sulfide) groups is 1. The highest BCUT2D eigenvalue weighted by atomic mass is 35.5. The van der Waals surface area contributed by atoms with Gasteiger partial charge in [-0.05, 0) is 31.0 Å². The lowest BCUT2D eigenvalue weighted by Gasteiger charge is -2.14. The molecule has 0 aliphatic heterocycles. The van der Waals surface area contributed by atoms with E-state index >= 15 is 0 Å². The van der Waals surface area contributed by atoms with Gasteiger partial charge in [0, 0.05) is 30.2 Å². The summed E-state index contributed by atoms with van der Waals surface area (Å²) in [6.07, 6.45) is 4.32. The molecule has 0 saturated heterocycles. The van der Waals surface area contributed by atoms with E-state index in [0.717, 1.165) is 22.8 Å². The second kappa shape index (κ2) is 7.00. The first-order chi connectivity index (χ1) is 10.0. The Morgan fingerprint density at radius 2 is 2.29 bits per heavy atom. The van der Waals surface area contributed by atoms with Crippen LogP contribution < -0.4 is 5.32 Å². The van der Waals surface area contributed by atoms with E-state index in [4.69, 9.17) is 11.6 Å². The SMILES string of the molecule is CCC(Sc1nccn1C)C(=O)Nc1ccc(C)c(Cl)c1. The normalized spacial score (nSPS) is 12.2. The van der Waals surface area contributed by atoms with Crippen LogP contribution in [0.2, 0.25) is 5.02 Å². The molecule has 0 spiro atoms. The fourth-order valence-corrected chi connectivity index (χ4v) is 2.92. The first-order valence-corrected chi connectivity index (χ1v) is 7.98. The molecule has 0 aliphatic carbocycles. The van der Waals surface area contributed by atoms with Gasteiger partial charge in [-0.3, -0.25) is 4.79 Å². The van der Waals surface area contributed by atoms with Crippen LogP contribution in [0.25, 0.3) is 0 Å². The number of halogens is 1. The van der Waals surface area contributed by atoms with E-state index in [1.54, 1.807) is 12.3 Å². The largest absolute Gasteiger partial charge is 0.329 e. The molecule has 4 nitrogen and oxygen atoms in total. The molecule has 1 aromatic heterocycles. The third kappa shape index (κ3) is 4.02. The molecule has 21 heavy (non-hydrogen) atoms. The van der Waals surface area contributed by atoms with Crippen LogP contribution in [0.5, 0.6) is 0 Å². The van der Waals surface area contributed by atoms with Crippen molar-refractivity contribution in [2.24, 2.45) is 7.05 Å². The Morgan fingerprint density at radius 3 is 2.86 bits per heavy atom. The number of nitrogens with zero attached hydrogens (tertiary/aromatic N) is 2. The molecule has 1 heterocycles. The van der Waals surface area contributed by atoms with Crippen LogP contribution in [-0.4, -0.2) is 20.7 Å². The smallest absolute Gasteiger partial charge is 0.237 e. The molecule has 2 rings (SSSR count). The zero-order valence-electron chi connectivity index (χ0n) is 12.3. The number of aryl methyl sites for hydroxylation is 2. The molecule has 6 heteroatoms. The minimum absolute atomic E-state index is 0.0366. The number of carbonyl (C=O) groups excluding carboxylic acids is 1. The van der Waals surface area contributed by atoms with Gasteiger partial charge in [-0.1, -0.05) is 36.4 Å². The summed E-state index contributed by atoms with van der Waals surface area (Å²) in [7, 11) is 1.92. The highest BCUT2D eigenvalue weighted by molar-refractivity contribution is 8.00. The molecule has 0 aliphatic rings. The molecule has 112 valence electrons. The molecule has 1 amide bonds. The van der Waals surface area contributed by atoms with Crippen LogP contribution in [0.15, 0.2) is 35.7 Å². The van der Waals surface area contributed by atoms with Crippen molar-refractivity contribution in [2.75, 3.05) is 5.32 Å². The van der Waals surface area contributed by atoms with Crippen LogP contribution >= 0.6 is 23.4 Å². The number of aromatic nitrogens is 2. The van der Waals surface area contributed by atoms with Crippen LogP contribution in [0.3, 0.4) is 0 Å². The maximum Gasteiger partial charge on any atom is 0.237 e. The Hall–Kier alpha value is -1.46. The summed E-state index contributed by atoms with van der Waals surface area (Å²) in [6, 6.07) is 5.52. The van der Waals surface area contributed by atoms with Crippen LogP contribution in [0, 0.1) is 6.92 Å². The molecule has 0 radical (unpaired) electrons. The number of imidazole rings is 1. The van der Waals surface area contributed by atoms with Gasteiger partial charge in [0.25, 0.3) is 0 Å². The lowest BCUT2D eigenvalue weighted by Crippen LogP contribution is -2.25. The summed E-state index contributed by atoms with van der Waals surface area (Å²) in [6.45, 7) is 3.92. The van der Waals surface area contributed by atoms with Crippen LogP contribution in [0.4, 0.5) is 5.69 Å². The molecule has 2 aromatic rings. The van der Waals surface area contributed by atoms with Crippen LogP contribution in [-0.2, 0) is 11.8 Å². The molecular formula is C15H18ClN3OS. The Kier molecular flexibility index (Phi) is 5.31. The zero-order valence-corrected chi connectivity index (χ0v) is 13.8. The number of nitrogens with one attached hydrogen (secondary N) is 1. The Balaban J connectivity index is 2.06. The maximum atomic E-state index is 12.4. The number of benzene rings is 1. The molecule has 1 aromatic carbocycles. The second-order valence-corrected chi connectivity index (χ2v) is 6.37. The van der Waals surface area contributed by atoms with Crippen molar-refractivity contribution < 1.29 is 4.79 Å². The Bertz CT molecular complexity index is 642. The van der Waals surface area contributed by atoms with Gasteiger partial charge < -0.3 is 9.88 Å². The first-order valence-electron chi connectivity index (χ1n) is 6.72. The lowest BCUT2D eigenvalue weighted by atomic mass is 10.2. The van der Waals surface area contributed by atoms with Gasteiger partial charge in [0.15, 0.2) is 5.16 Å². The highest BCUT2D eigenvalue weighted by Crippen LogP contribution is 2.25. The highest BCUT2D eigenvalue weighted by Gasteiger charge is 2.20. The van der Waals surface area contributed by atoms with Crippen molar-refractivity contribution in [3.8, 4) is 0 Å². The lowest BCUT2D eigenvalue weighted by molar-refractivity contribution is -0.115. The van der Waals surface area contributed by atoms with E-state index in [0.29, 0.717) is 5.02 Å². The van der Waals surface area contributed by atoms with Crippen molar-refractivity contribution in [2.45, 2.75) is 30.7 Å². The summed E-state index contributed by atoms with van der Waals surface area (Å²) < 4.78 is 1.91. The van der Waals surface area contributed by atoms with Crippen molar-refractivity contribution >= 4 is 35.0 Å². The number of hydrogen-bond donors (Lipinski definition) is 1. The molecule has 1 N–H and O–H groups in total. The predicted molar refractivity (Wildman–Crippen MR) is 88.0 cm³/mol. The minimum atomic E-state index is -0.189. The van der Waals surface area contributed by atoms with Crippen molar-refractivity contribution in [1.29, 1.82) is 0 Å². The van der Waals surface area contributed by atoms with E-state index in [9.17, 15) is 4.79 Å². The average molecular weight is 324 g/mol.